The maximum absolute atomic E-state index is 9.06. The number of fused-ring (bicyclic) bond motifs is 1. The average molecular weight is 166 g/mol. The van der Waals surface area contributed by atoms with Crippen LogP contribution in [-0.4, -0.2) is 32.5 Å². The van der Waals surface area contributed by atoms with Crippen LogP contribution in [0.5, 0.6) is 5.75 Å². The number of ether oxygens (including phenoxy) is 1. The van der Waals surface area contributed by atoms with Gasteiger partial charge < -0.3 is 9.94 Å². The van der Waals surface area contributed by atoms with Gasteiger partial charge in [0, 0.05) is 12.3 Å². The highest BCUT2D eigenvalue weighted by molar-refractivity contribution is 5.76. The fourth-order valence-electron chi connectivity index (χ4n) is 0.960. The van der Waals surface area contributed by atoms with E-state index < -0.39 is 0 Å². The molecule has 0 aliphatic heterocycles. The summed E-state index contributed by atoms with van der Waals surface area (Å²) < 4.78 is 4.97. The second-order valence-corrected chi connectivity index (χ2v) is 2.16. The minimum atomic E-state index is 0.286. The first-order valence-electron chi connectivity index (χ1n) is 3.26. The van der Waals surface area contributed by atoms with Crippen molar-refractivity contribution in [3.8, 4) is 5.75 Å². The maximum atomic E-state index is 9.06. The molecule has 0 radical (unpaired) electrons. The first-order chi connectivity index (χ1) is 5.83. The third-order valence-corrected chi connectivity index (χ3v) is 1.51. The number of nitrogens with zero attached hydrogens (tertiary/aromatic N) is 4. The molecular weight excluding hydrogens is 160 g/mol. The van der Waals surface area contributed by atoms with Gasteiger partial charge in [-0.15, -0.1) is 5.10 Å². The topological polar surface area (TPSA) is 73.1 Å². The van der Waals surface area contributed by atoms with E-state index in [1.165, 1.54) is 13.3 Å². The Morgan fingerprint density at radius 1 is 1.58 bits per heavy atom. The van der Waals surface area contributed by atoms with Crippen molar-refractivity contribution in [1.29, 1.82) is 0 Å². The van der Waals surface area contributed by atoms with Crippen molar-refractivity contribution in [3.63, 3.8) is 0 Å². The summed E-state index contributed by atoms with van der Waals surface area (Å²) in [4.78, 5) is 4.47. The van der Waals surface area contributed by atoms with Gasteiger partial charge in [-0.1, -0.05) is 4.85 Å². The Labute approximate surface area is 67.4 Å². The molecule has 0 aromatic carbocycles. The van der Waals surface area contributed by atoms with Crippen LogP contribution in [0.25, 0.3) is 11.2 Å². The molecule has 2 aromatic heterocycles. The number of rotatable bonds is 1. The van der Waals surface area contributed by atoms with Gasteiger partial charge in [0.25, 0.3) is 0 Å². The van der Waals surface area contributed by atoms with E-state index in [0.29, 0.717) is 16.1 Å². The van der Waals surface area contributed by atoms with Crippen molar-refractivity contribution in [2.45, 2.75) is 0 Å². The molecule has 0 aliphatic rings. The molecule has 0 amide bonds. The third-order valence-electron chi connectivity index (χ3n) is 1.51. The van der Waals surface area contributed by atoms with Gasteiger partial charge in [-0.05, 0) is 5.21 Å². The first-order valence-corrected chi connectivity index (χ1v) is 3.26. The molecule has 0 atom stereocenters. The molecule has 62 valence electrons. The second kappa shape index (κ2) is 2.33. The van der Waals surface area contributed by atoms with E-state index in [9.17, 15) is 0 Å². The molecule has 0 aliphatic carbocycles. The molecule has 2 heterocycles. The summed E-state index contributed by atoms with van der Waals surface area (Å²) in [7, 11) is 1.52. The van der Waals surface area contributed by atoms with Gasteiger partial charge in [0.15, 0.2) is 11.3 Å². The Hall–Kier alpha value is -1.85. The third kappa shape index (κ3) is 0.777. The Kier molecular flexibility index (Phi) is 1.33. The van der Waals surface area contributed by atoms with Crippen molar-refractivity contribution < 1.29 is 9.94 Å². The molecule has 6 heteroatoms. The lowest BCUT2D eigenvalue weighted by Gasteiger charge is -1.96. The fourth-order valence-corrected chi connectivity index (χ4v) is 0.960. The van der Waals surface area contributed by atoms with Gasteiger partial charge >= 0.3 is 0 Å². The number of hydrogen-bond donors (Lipinski definition) is 1. The lowest BCUT2D eigenvalue weighted by atomic mass is 10.4. The number of hydrogen-bond acceptors (Lipinski definition) is 5. The summed E-state index contributed by atoms with van der Waals surface area (Å²) in [6, 6.07) is 1.65. The summed E-state index contributed by atoms with van der Waals surface area (Å²) in [6.07, 6.45) is 1.51. The van der Waals surface area contributed by atoms with Gasteiger partial charge in [-0.25, -0.2) is 4.98 Å². The summed E-state index contributed by atoms with van der Waals surface area (Å²) in [6.45, 7) is 0. The largest absolute Gasteiger partial charge is 0.494 e. The molecule has 0 spiro atoms. The molecule has 0 bridgehead atoms. The van der Waals surface area contributed by atoms with Crippen LogP contribution in [0.2, 0.25) is 0 Å². The quantitative estimate of drug-likeness (QED) is 0.607. The fraction of sp³-hybridized carbons (Fsp3) is 0.167. The molecule has 12 heavy (non-hydrogen) atoms. The van der Waals surface area contributed by atoms with Gasteiger partial charge in [0.1, 0.15) is 0 Å². The molecule has 0 fully saturated rings. The highest BCUT2D eigenvalue weighted by Crippen LogP contribution is 2.19. The normalized spacial score (nSPS) is 10.4. The SMILES string of the molecule is COc1ccnc2c1nnn2O. The van der Waals surface area contributed by atoms with Crippen LogP contribution in [0, 0.1) is 0 Å². The molecule has 6 nitrogen and oxygen atoms in total. The average Bonchev–Trinajstić information content (AvgIpc) is 2.48. The van der Waals surface area contributed by atoms with Crippen LogP contribution in [0.4, 0.5) is 0 Å². The Balaban J connectivity index is 2.81. The van der Waals surface area contributed by atoms with Crippen LogP contribution in [0.15, 0.2) is 12.3 Å². The number of pyridine rings is 1. The van der Waals surface area contributed by atoms with Gasteiger partial charge in [0.2, 0.25) is 5.65 Å². The van der Waals surface area contributed by atoms with E-state index in [0.717, 1.165) is 0 Å². The monoisotopic (exact) mass is 166 g/mol. The standard InChI is InChI=1S/C6H6N4O2/c1-12-4-2-3-7-6-5(4)8-9-10(6)11/h2-3,11H,1H3. The molecule has 1 N–H and O–H groups in total. The van der Waals surface area contributed by atoms with Gasteiger partial charge in [0.05, 0.1) is 7.11 Å². The van der Waals surface area contributed by atoms with E-state index in [1.807, 2.05) is 0 Å². The van der Waals surface area contributed by atoms with Crippen LogP contribution in [-0.2, 0) is 0 Å². The molecular formula is C6H6N4O2. The van der Waals surface area contributed by atoms with Crippen LogP contribution in [0.3, 0.4) is 0 Å². The zero-order chi connectivity index (χ0) is 8.55. The number of aromatic nitrogens is 4. The van der Waals surface area contributed by atoms with Crippen LogP contribution >= 0.6 is 0 Å². The van der Waals surface area contributed by atoms with Crippen LogP contribution < -0.4 is 4.74 Å². The summed E-state index contributed by atoms with van der Waals surface area (Å²) in [5, 5.41) is 16.1. The smallest absolute Gasteiger partial charge is 0.223 e. The Morgan fingerprint density at radius 2 is 2.42 bits per heavy atom. The van der Waals surface area contributed by atoms with Crippen molar-refractivity contribution in [2.24, 2.45) is 0 Å². The van der Waals surface area contributed by atoms with E-state index >= 15 is 0 Å². The van der Waals surface area contributed by atoms with E-state index in [2.05, 4.69) is 15.3 Å². The highest BCUT2D eigenvalue weighted by Gasteiger charge is 2.08. The minimum Gasteiger partial charge on any atom is -0.494 e. The first kappa shape index (κ1) is 6.84. The zero-order valence-corrected chi connectivity index (χ0v) is 6.30. The van der Waals surface area contributed by atoms with Crippen molar-refractivity contribution in [3.05, 3.63) is 12.3 Å². The van der Waals surface area contributed by atoms with Crippen molar-refractivity contribution in [2.75, 3.05) is 7.11 Å². The van der Waals surface area contributed by atoms with E-state index in [1.54, 1.807) is 6.07 Å². The minimum absolute atomic E-state index is 0.286. The number of methoxy groups -OCH3 is 1. The van der Waals surface area contributed by atoms with Gasteiger partial charge in [-0.3, -0.25) is 0 Å². The van der Waals surface area contributed by atoms with Crippen molar-refractivity contribution >= 4 is 11.2 Å². The van der Waals surface area contributed by atoms with Crippen molar-refractivity contribution in [1.82, 2.24) is 20.1 Å². The molecule has 2 rings (SSSR count). The predicted molar refractivity (Wildman–Crippen MR) is 39.1 cm³/mol. The lowest BCUT2D eigenvalue weighted by molar-refractivity contribution is 0.153. The molecule has 2 aromatic rings. The molecule has 0 saturated carbocycles. The highest BCUT2D eigenvalue weighted by atomic mass is 16.5. The summed E-state index contributed by atoms with van der Waals surface area (Å²) in [5.74, 6) is 0.542. The van der Waals surface area contributed by atoms with Gasteiger partial charge in [-0.2, -0.15) is 0 Å². The Morgan fingerprint density at radius 3 is 3.17 bits per heavy atom. The zero-order valence-electron chi connectivity index (χ0n) is 6.30. The second-order valence-electron chi connectivity index (χ2n) is 2.16. The summed E-state index contributed by atoms with van der Waals surface area (Å²) >= 11 is 0. The predicted octanol–water partition coefficient (Wildman–Crippen LogP) is 0.0722. The lowest BCUT2D eigenvalue weighted by Crippen LogP contribution is -1.93. The van der Waals surface area contributed by atoms with E-state index in [-0.39, 0.29) is 5.65 Å². The summed E-state index contributed by atoms with van der Waals surface area (Å²) in [5.41, 5.74) is 0.733. The van der Waals surface area contributed by atoms with E-state index in [4.69, 9.17) is 9.94 Å². The van der Waals surface area contributed by atoms with Crippen LogP contribution in [0.1, 0.15) is 0 Å². The maximum Gasteiger partial charge on any atom is 0.223 e. The molecule has 0 saturated heterocycles. The Bertz CT molecular complexity index is 411. The molecule has 0 unspecified atom stereocenters.